The molecule has 0 aliphatic carbocycles. The van der Waals surface area contributed by atoms with Crippen LogP contribution in [0.2, 0.25) is 0 Å². The summed E-state index contributed by atoms with van der Waals surface area (Å²) in [5.74, 6) is 0. The van der Waals surface area contributed by atoms with E-state index in [1.807, 2.05) is 0 Å². The lowest BCUT2D eigenvalue weighted by Gasteiger charge is -2.05. The molecular weight excluding hydrogens is 429 g/mol. The lowest BCUT2D eigenvalue weighted by atomic mass is 10.0. The van der Waals surface area contributed by atoms with E-state index in [2.05, 4.69) is 0 Å². The van der Waals surface area contributed by atoms with Gasteiger partial charge in [-0.1, -0.05) is 154 Å². The molecule has 0 spiro atoms. The van der Waals surface area contributed by atoms with Crippen LogP contribution in [-0.2, 0) is 4.57 Å². The zero-order valence-corrected chi connectivity index (χ0v) is 23.0. The van der Waals surface area contributed by atoms with Crippen LogP contribution >= 0.6 is 7.60 Å². The smallest absolute Gasteiger partial charge is 0.325 e. The highest BCUT2D eigenvalue weighted by Crippen LogP contribution is 2.35. The summed E-state index contributed by atoms with van der Waals surface area (Å²) in [4.78, 5) is 17.6. The molecule has 0 bridgehead atoms. The minimum Gasteiger partial charge on any atom is -0.330 e. The molecule has 0 aliphatic rings. The largest absolute Gasteiger partial charge is 0.330 e. The van der Waals surface area contributed by atoms with Crippen LogP contribution in [0.1, 0.15) is 167 Å². The third-order valence-electron chi connectivity index (χ3n) is 6.90. The first-order chi connectivity index (χ1) is 16.1. The average molecular weight is 490 g/mol. The van der Waals surface area contributed by atoms with Crippen molar-refractivity contribution in [3.63, 3.8) is 0 Å². The van der Waals surface area contributed by atoms with Crippen LogP contribution in [0.5, 0.6) is 0 Å². The summed E-state index contributed by atoms with van der Waals surface area (Å²) < 4.78 is 10.8. The maximum Gasteiger partial charge on any atom is 0.325 e. The van der Waals surface area contributed by atoms with E-state index >= 15 is 0 Å². The zero-order valence-electron chi connectivity index (χ0n) is 22.1. The fourth-order valence-corrected chi connectivity index (χ4v) is 5.34. The molecule has 0 radical (unpaired) electrons. The summed E-state index contributed by atoms with van der Waals surface area (Å²) in [7, 11) is -3.77. The van der Waals surface area contributed by atoms with Gasteiger partial charge in [0.15, 0.2) is 0 Å². The van der Waals surface area contributed by atoms with Crippen molar-refractivity contribution in [2.45, 2.75) is 167 Å². The molecule has 0 aromatic carbocycles. The van der Waals surface area contributed by atoms with E-state index in [0.717, 1.165) is 19.4 Å². The molecule has 4 nitrogen and oxygen atoms in total. The van der Waals surface area contributed by atoms with Crippen LogP contribution in [-0.4, -0.2) is 22.5 Å². The van der Waals surface area contributed by atoms with Crippen molar-refractivity contribution in [1.82, 2.24) is 0 Å². The van der Waals surface area contributed by atoms with Gasteiger partial charge in [0.1, 0.15) is 0 Å². The molecular formula is C28H60NO3P. The van der Waals surface area contributed by atoms with Crippen LogP contribution < -0.4 is 5.73 Å². The second-order valence-electron chi connectivity index (χ2n) is 10.4. The minimum absolute atomic E-state index is 0.0595. The van der Waals surface area contributed by atoms with Crippen molar-refractivity contribution in [3.05, 3.63) is 0 Å². The minimum atomic E-state index is -3.77. The van der Waals surface area contributed by atoms with Crippen molar-refractivity contribution in [2.24, 2.45) is 5.73 Å². The molecule has 0 amide bonds. The van der Waals surface area contributed by atoms with Gasteiger partial charge in [0.25, 0.3) is 0 Å². The quantitative estimate of drug-likeness (QED) is 0.0755. The highest BCUT2D eigenvalue weighted by molar-refractivity contribution is 7.51. The first-order valence-corrected chi connectivity index (χ1v) is 16.6. The molecule has 5 heteroatoms. The summed E-state index contributed by atoms with van der Waals surface area (Å²) in [6, 6.07) is 0. The predicted octanol–water partition coefficient (Wildman–Crippen LogP) is 9.27. The summed E-state index contributed by atoms with van der Waals surface area (Å²) in [6.07, 6.45) is 34.8. The molecule has 0 aromatic rings. The van der Waals surface area contributed by atoms with Gasteiger partial charge in [0.2, 0.25) is 0 Å². The second kappa shape index (κ2) is 26.7. The molecule has 0 saturated heterocycles. The normalized spacial score (nSPS) is 12.0. The second-order valence-corrected chi connectivity index (χ2v) is 12.1. The Morgan fingerprint density at radius 3 is 0.727 bits per heavy atom. The summed E-state index contributed by atoms with van der Waals surface area (Å²) >= 11 is 0. The van der Waals surface area contributed by atoms with Crippen LogP contribution in [0.15, 0.2) is 0 Å². The first kappa shape index (κ1) is 33.1. The molecule has 0 aliphatic heterocycles. The van der Waals surface area contributed by atoms with Gasteiger partial charge >= 0.3 is 7.60 Å². The summed E-state index contributed by atoms with van der Waals surface area (Å²) in [5, 5.41) is 0. The number of unbranched alkanes of at least 4 members (excludes halogenated alkanes) is 25. The fraction of sp³-hybridized carbons (Fsp3) is 1.00. The number of rotatable bonds is 28. The zero-order chi connectivity index (χ0) is 24.3. The lowest BCUT2D eigenvalue weighted by Crippen LogP contribution is -1.97. The maximum absolute atomic E-state index is 10.8. The van der Waals surface area contributed by atoms with Crippen LogP contribution in [0, 0.1) is 0 Å². The third-order valence-corrected chi connectivity index (χ3v) is 7.80. The highest BCUT2D eigenvalue weighted by atomic mass is 31.2. The standard InChI is InChI=1S/C28H60NO3P/c29-27-25-23-21-19-17-15-13-11-9-7-5-3-1-2-4-6-8-10-12-14-16-18-20-22-24-26-28-33(30,31)32/h1-29H2,(H2,30,31,32). The topological polar surface area (TPSA) is 83.6 Å². The van der Waals surface area contributed by atoms with E-state index < -0.39 is 7.60 Å². The van der Waals surface area contributed by atoms with Gasteiger partial charge in [-0.15, -0.1) is 0 Å². The average Bonchev–Trinajstić information content (AvgIpc) is 2.78. The molecule has 0 aromatic heterocycles. The Labute approximate surface area is 207 Å². The molecule has 0 atom stereocenters. The molecule has 200 valence electrons. The van der Waals surface area contributed by atoms with E-state index in [4.69, 9.17) is 15.5 Å². The van der Waals surface area contributed by atoms with Gasteiger partial charge in [-0.3, -0.25) is 4.57 Å². The van der Waals surface area contributed by atoms with E-state index in [9.17, 15) is 4.57 Å². The molecule has 0 heterocycles. The van der Waals surface area contributed by atoms with Crippen molar-refractivity contribution in [3.8, 4) is 0 Å². The van der Waals surface area contributed by atoms with Crippen LogP contribution in [0.4, 0.5) is 0 Å². The van der Waals surface area contributed by atoms with Crippen molar-refractivity contribution < 1.29 is 14.4 Å². The van der Waals surface area contributed by atoms with Crippen molar-refractivity contribution in [2.75, 3.05) is 12.7 Å². The number of nitrogens with two attached hydrogens (primary N) is 1. The van der Waals surface area contributed by atoms with Gasteiger partial charge in [-0.2, -0.15) is 0 Å². The third kappa shape index (κ3) is 32.1. The monoisotopic (exact) mass is 489 g/mol. The molecule has 33 heavy (non-hydrogen) atoms. The van der Waals surface area contributed by atoms with E-state index in [0.29, 0.717) is 6.42 Å². The molecule has 4 N–H and O–H groups in total. The van der Waals surface area contributed by atoms with Gasteiger partial charge in [-0.05, 0) is 19.4 Å². The Kier molecular flexibility index (Phi) is 26.8. The molecule has 0 fully saturated rings. The Balaban J connectivity index is 3.03. The van der Waals surface area contributed by atoms with Crippen LogP contribution in [0.25, 0.3) is 0 Å². The number of hydrogen-bond acceptors (Lipinski definition) is 2. The highest BCUT2D eigenvalue weighted by Gasteiger charge is 2.10. The van der Waals surface area contributed by atoms with E-state index in [-0.39, 0.29) is 6.16 Å². The van der Waals surface area contributed by atoms with E-state index in [1.54, 1.807) is 0 Å². The van der Waals surface area contributed by atoms with Gasteiger partial charge in [0.05, 0.1) is 0 Å². The molecule has 0 unspecified atom stereocenters. The predicted molar refractivity (Wildman–Crippen MR) is 146 cm³/mol. The van der Waals surface area contributed by atoms with Crippen LogP contribution in [0.3, 0.4) is 0 Å². The number of hydrogen-bond donors (Lipinski definition) is 3. The fourth-order valence-electron chi connectivity index (χ4n) is 4.70. The Morgan fingerprint density at radius 2 is 0.545 bits per heavy atom. The van der Waals surface area contributed by atoms with Gasteiger partial charge in [0, 0.05) is 6.16 Å². The lowest BCUT2D eigenvalue weighted by molar-refractivity contribution is 0.370. The maximum atomic E-state index is 10.8. The Morgan fingerprint density at radius 1 is 0.364 bits per heavy atom. The van der Waals surface area contributed by atoms with E-state index in [1.165, 1.54) is 148 Å². The van der Waals surface area contributed by atoms with Gasteiger partial charge in [-0.25, -0.2) is 0 Å². The Hall–Kier alpha value is 0.110. The first-order valence-electron chi connectivity index (χ1n) is 14.8. The van der Waals surface area contributed by atoms with Gasteiger partial charge < -0.3 is 15.5 Å². The molecule has 0 rings (SSSR count). The van der Waals surface area contributed by atoms with Crippen molar-refractivity contribution in [1.29, 1.82) is 0 Å². The Bertz CT molecular complexity index is 414. The SMILES string of the molecule is NCCCCCCCCCCCCCCCCCCCCCCCCCCCCP(=O)(O)O. The summed E-state index contributed by atoms with van der Waals surface area (Å²) in [6.45, 7) is 0.860. The van der Waals surface area contributed by atoms with Crippen molar-refractivity contribution >= 4 is 7.60 Å². The summed E-state index contributed by atoms with van der Waals surface area (Å²) in [5.41, 5.74) is 5.52. The molecule has 0 saturated carbocycles.